The Hall–Kier alpha value is 1.30. The van der Waals surface area contributed by atoms with E-state index in [1.54, 1.807) is 0 Å². The van der Waals surface area contributed by atoms with Crippen LogP contribution in [0, 0.1) is 0 Å². The van der Waals surface area contributed by atoms with Crippen LogP contribution in [0.2, 0.25) is 0 Å². The monoisotopic (exact) mass is 128 g/mol. The molecule has 24 valence electrons. The van der Waals surface area contributed by atoms with E-state index in [9.17, 15) is 0 Å². The van der Waals surface area contributed by atoms with E-state index >= 15 is 0 Å². The minimum Gasteiger partial charge on any atom is -0.114 e. The van der Waals surface area contributed by atoms with Crippen molar-refractivity contribution in [3.8, 4) is 0 Å². The molecule has 0 N–H and O–H groups in total. The van der Waals surface area contributed by atoms with Gasteiger partial charge in [-0.25, -0.2) is 0 Å². The first-order valence-electron chi connectivity index (χ1n) is 0.600. The molecule has 0 radical (unpaired) electrons. The van der Waals surface area contributed by atoms with Gasteiger partial charge in [0.15, 0.2) is 0 Å². The second kappa shape index (κ2) is 4.30. The first kappa shape index (κ1) is 5.30. The predicted octanol–water partition coefficient (Wildman–Crippen LogP) is 2.48. The molecule has 0 aromatic rings. The summed E-state index contributed by atoms with van der Waals surface area (Å²) in [6.45, 7) is 0. The van der Waals surface area contributed by atoms with E-state index in [-0.39, 0.29) is 0 Å². The molecule has 0 nitrogen and oxygen atoms in total. The van der Waals surface area contributed by atoms with Crippen molar-refractivity contribution in [3.05, 3.63) is 0 Å². The van der Waals surface area contributed by atoms with Gasteiger partial charge in [0, 0.05) is 14.1 Å². The van der Waals surface area contributed by atoms with Crippen molar-refractivity contribution in [1.82, 2.24) is 0 Å². The van der Waals surface area contributed by atoms with Gasteiger partial charge < -0.3 is 0 Å². The Kier molecular flexibility index (Phi) is 5.70. The molecule has 0 unspecified atom stereocenters. The minimum absolute atomic E-state index is 1.03. The Labute approximate surface area is 39.1 Å². The van der Waals surface area contributed by atoms with Crippen LogP contribution in [-0.2, 0) is 0 Å². The largest absolute Gasteiger partial charge is 0.114 e. The maximum absolute atomic E-state index is 3.80. The number of hydrogen-bond donors (Lipinski definition) is 2. The molecule has 0 heterocycles. The fourth-order valence-electron chi connectivity index (χ4n) is 0. The quantitative estimate of drug-likeness (QED) is 0.363. The molecule has 0 aromatic heterocycles. The van der Waals surface area contributed by atoms with Crippen molar-refractivity contribution in [3.63, 3.8) is 0 Å². The molecular weight excluding hydrogens is 126 g/mol. The predicted molar refractivity (Wildman–Crippen MR) is 31.8 cm³/mol. The summed E-state index contributed by atoms with van der Waals surface area (Å²) in [7, 11) is 2.06. The van der Waals surface area contributed by atoms with E-state index in [1.165, 1.54) is 0 Å². The molecule has 0 aliphatic heterocycles. The lowest BCUT2D eigenvalue weighted by atomic mass is 29.8. The number of rotatable bonds is 0. The van der Waals surface area contributed by atoms with E-state index in [2.05, 4.69) is 24.5 Å². The molecule has 0 saturated carbocycles. The van der Waals surface area contributed by atoms with Gasteiger partial charge in [-0.2, -0.15) is 0 Å². The van der Waals surface area contributed by atoms with Crippen molar-refractivity contribution in [2.45, 2.75) is 0 Å². The highest BCUT2D eigenvalue weighted by molar-refractivity contribution is 8.61. The summed E-state index contributed by atoms with van der Waals surface area (Å²) >= 11 is 7.61. The molecule has 0 aliphatic rings. The van der Waals surface area contributed by atoms with Gasteiger partial charge in [0.1, 0.15) is 0 Å². The second-order valence-electron chi connectivity index (χ2n) is 0.179. The van der Waals surface area contributed by atoms with Crippen LogP contribution < -0.4 is 0 Å². The van der Waals surface area contributed by atoms with Crippen molar-refractivity contribution in [1.29, 1.82) is 0 Å². The summed E-state index contributed by atoms with van der Waals surface area (Å²) in [6, 6.07) is 0. The molecule has 0 spiro atoms. The molecule has 4 heavy (non-hydrogen) atoms. The van der Waals surface area contributed by atoms with E-state index in [0.29, 0.717) is 0 Å². The maximum Gasteiger partial charge on any atom is 0.00109 e. The third kappa shape index (κ3) is 3.30. The summed E-state index contributed by atoms with van der Waals surface area (Å²) in [6.07, 6.45) is 0. The highest BCUT2D eigenvalue weighted by atomic mass is 32.9. The van der Waals surface area contributed by atoms with Crippen LogP contribution >= 0.6 is 38.6 Å². The van der Waals surface area contributed by atoms with Crippen LogP contribution in [0.25, 0.3) is 0 Å². The zero-order valence-electron chi connectivity index (χ0n) is 1.79. The van der Waals surface area contributed by atoms with Gasteiger partial charge in [-0.05, 0) is 0 Å². The molecule has 0 bridgehead atoms. The standard InChI is InChI=1S/H2P2S2/c3-1-2-4/h3-4H. The average Bonchev–Trinajstić information content (AvgIpc) is 1.37. The van der Waals surface area contributed by atoms with E-state index < -0.39 is 0 Å². The van der Waals surface area contributed by atoms with Gasteiger partial charge in [-0.15, -0.1) is 24.5 Å². The molecule has 0 aromatic carbocycles. The molecule has 0 amide bonds. The van der Waals surface area contributed by atoms with Gasteiger partial charge >= 0.3 is 0 Å². The lowest BCUT2D eigenvalue weighted by Gasteiger charge is -1.45. The third-order valence-corrected chi connectivity index (χ3v) is 3.24. The maximum atomic E-state index is 3.80. The zero-order valence-corrected chi connectivity index (χ0v) is 5.37. The fourth-order valence-corrected chi connectivity index (χ4v) is 0. The fraction of sp³-hybridized carbons (Fsp3) is 0. The molecule has 4 heteroatoms. The molecule has 0 atom stereocenters. The Morgan fingerprint density at radius 2 is 1.25 bits per heavy atom. The van der Waals surface area contributed by atoms with Gasteiger partial charge in [-0.1, -0.05) is 0 Å². The van der Waals surface area contributed by atoms with Crippen molar-refractivity contribution in [2.24, 2.45) is 0 Å². The molecule has 0 aliphatic carbocycles. The number of hydrogen-bond acceptors (Lipinski definition) is 0. The third-order valence-electron chi connectivity index (χ3n) is 0.0400. The van der Waals surface area contributed by atoms with E-state index in [1.807, 2.05) is 0 Å². The van der Waals surface area contributed by atoms with E-state index in [4.69, 9.17) is 0 Å². The van der Waals surface area contributed by atoms with Gasteiger partial charge in [0.05, 0.1) is 0 Å². The molecule has 0 rings (SSSR count). The number of thiol groups is 2. The van der Waals surface area contributed by atoms with Crippen molar-refractivity contribution >= 4 is 38.6 Å². The Morgan fingerprint density at radius 1 is 1.00 bits per heavy atom. The smallest absolute Gasteiger partial charge is 0.00109 e. The van der Waals surface area contributed by atoms with Crippen LogP contribution in [0.1, 0.15) is 0 Å². The Morgan fingerprint density at radius 3 is 1.25 bits per heavy atom. The highest BCUT2D eigenvalue weighted by Crippen LogP contribution is 2.21. The average molecular weight is 128 g/mol. The summed E-state index contributed by atoms with van der Waals surface area (Å²) < 4.78 is 0. The van der Waals surface area contributed by atoms with Gasteiger partial charge in [0.25, 0.3) is 0 Å². The molecule has 0 fully saturated rings. The first-order chi connectivity index (χ1) is 1.91. The van der Waals surface area contributed by atoms with E-state index in [0.717, 1.165) is 14.1 Å². The summed E-state index contributed by atoms with van der Waals surface area (Å²) in [5.41, 5.74) is 0. The molecule has 0 saturated heterocycles. The van der Waals surface area contributed by atoms with Gasteiger partial charge in [0.2, 0.25) is 0 Å². The Bertz CT molecular complexity index is 19.2. The van der Waals surface area contributed by atoms with Gasteiger partial charge in [-0.3, -0.25) is 0 Å². The minimum atomic E-state index is 1.03. The summed E-state index contributed by atoms with van der Waals surface area (Å²) in [5, 5.41) is 0. The van der Waals surface area contributed by atoms with Crippen LogP contribution in [-0.4, -0.2) is 0 Å². The normalized spacial score (nSPS) is 9.50. The molecular formula is H2P2S2. The lowest BCUT2D eigenvalue weighted by molar-refractivity contribution is 5.69. The second-order valence-corrected chi connectivity index (χ2v) is 4.83. The first-order valence-corrected chi connectivity index (χ1v) is 5.40. The SMILES string of the molecule is SP=PS. The van der Waals surface area contributed by atoms with Crippen LogP contribution in [0.4, 0.5) is 0 Å². The zero-order chi connectivity index (χ0) is 3.41. The van der Waals surface area contributed by atoms with Crippen molar-refractivity contribution in [2.75, 3.05) is 0 Å². The highest BCUT2D eigenvalue weighted by Gasteiger charge is 1.38. The van der Waals surface area contributed by atoms with Crippen LogP contribution in [0.5, 0.6) is 0 Å². The van der Waals surface area contributed by atoms with Crippen LogP contribution in [0.3, 0.4) is 0 Å². The summed E-state index contributed by atoms with van der Waals surface area (Å²) in [4.78, 5) is 0. The lowest BCUT2D eigenvalue weighted by Crippen LogP contribution is -0.628. The summed E-state index contributed by atoms with van der Waals surface area (Å²) in [5.74, 6) is 0. The Balaban J connectivity index is 2.55. The van der Waals surface area contributed by atoms with Crippen molar-refractivity contribution < 1.29 is 0 Å². The van der Waals surface area contributed by atoms with Crippen LogP contribution in [0.15, 0.2) is 0 Å². The topological polar surface area (TPSA) is 0 Å².